The van der Waals surface area contributed by atoms with Crippen molar-refractivity contribution in [3.05, 3.63) is 53.9 Å². The lowest BCUT2D eigenvalue weighted by Crippen LogP contribution is -2.37. The van der Waals surface area contributed by atoms with Gasteiger partial charge >= 0.3 is 0 Å². The van der Waals surface area contributed by atoms with E-state index in [9.17, 15) is 21.6 Å². The van der Waals surface area contributed by atoms with Crippen molar-refractivity contribution in [2.75, 3.05) is 32.7 Å². The van der Waals surface area contributed by atoms with E-state index in [0.717, 1.165) is 0 Å². The van der Waals surface area contributed by atoms with Crippen LogP contribution in [0.15, 0.2) is 51.2 Å². The lowest BCUT2D eigenvalue weighted by atomic mass is 10.2. The van der Waals surface area contributed by atoms with Crippen LogP contribution in [0.5, 0.6) is 0 Å². The minimum Gasteiger partial charge on any atom is -0.360 e. The number of carbonyl (C=O) groups excluding carboxylic acids is 1. The van der Waals surface area contributed by atoms with Gasteiger partial charge in [0.15, 0.2) is 5.76 Å². The monoisotopic (exact) mass is 482 g/mol. The van der Waals surface area contributed by atoms with Crippen molar-refractivity contribution in [1.29, 1.82) is 0 Å². The van der Waals surface area contributed by atoms with E-state index in [1.807, 2.05) is 0 Å². The molecule has 1 amide bonds. The Hall–Kier alpha value is -2.54. The van der Waals surface area contributed by atoms with E-state index in [0.29, 0.717) is 24.2 Å². The van der Waals surface area contributed by atoms with Crippen LogP contribution in [0.25, 0.3) is 0 Å². The number of nitrogens with one attached hydrogen (secondary N) is 1. The molecule has 0 bridgehead atoms. The largest absolute Gasteiger partial charge is 0.360 e. The average Bonchev–Trinajstić information content (AvgIpc) is 2.95. The van der Waals surface area contributed by atoms with Gasteiger partial charge in [-0.1, -0.05) is 11.2 Å². The zero-order valence-corrected chi connectivity index (χ0v) is 19.6. The van der Waals surface area contributed by atoms with Crippen LogP contribution in [-0.2, 0) is 20.0 Å². The third kappa shape index (κ3) is 4.93. The predicted molar refractivity (Wildman–Crippen MR) is 117 cm³/mol. The van der Waals surface area contributed by atoms with Gasteiger partial charge in [0.05, 0.1) is 4.90 Å². The summed E-state index contributed by atoms with van der Waals surface area (Å²) in [6.07, 6.45) is 1.90. The Kier molecular flexibility index (Phi) is 7.18. The fraction of sp³-hybridized carbons (Fsp3) is 0.400. The number of nitrogens with zero attached hydrogens (tertiary/aromatic N) is 3. The second-order valence-electron chi connectivity index (χ2n) is 7.37. The molecule has 0 saturated carbocycles. The maximum absolute atomic E-state index is 13.0. The van der Waals surface area contributed by atoms with E-state index in [-0.39, 0.29) is 47.6 Å². The van der Waals surface area contributed by atoms with Crippen LogP contribution < -0.4 is 4.72 Å². The molecule has 2 aromatic rings. The van der Waals surface area contributed by atoms with E-state index >= 15 is 0 Å². The van der Waals surface area contributed by atoms with Gasteiger partial charge in [-0.2, -0.15) is 4.31 Å². The lowest BCUT2D eigenvalue weighted by Gasteiger charge is -2.22. The molecule has 32 heavy (non-hydrogen) atoms. The minimum absolute atomic E-state index is 0.0449. The maximum Gasteiger partial charge on any atom is 0.253 e. The summed E-state index contributed by atoms with van der Waals surface area (Å²) in [5, 5.41) is 3.73. The van der Waals surface area contributed by atoms with Gasteiger partial charge in [-0.05, 0) is 44.5 Å². The number of carbonyl (C=O) groups is 1. The van der Waals surface area contributed by atoms with Gasteiger partial charge in [0.1, 0.15) is 10.6 Å². The molecule has 0 aliphatic carbocycles. The highest BCUT2D eigenvalue weighted by atomic mass is 32.2. The summed E-state index contributed by atoms with van der Waals surface area (Å²) in [5.41, 5.74) is 0.631. The quantitative estimate of drug-likeness (QED) is 0.589. The Morgan fingerprint density at radius 2 is 1.81 bits per heavy atom. The van der Waals surface area contributed by atoms with Crippen LogP contribution in [0.3, 0.4) is 0 Å². The molecule has 1 aromatic heterocycles. The molecule has 0 radical (unpaired) electrons. The fourth-order valence-electron chi connectivity index (χ4n) is 3.52. The van der Waals surface area contributed by atoms with Crippen LogP contribution in [-0.4, -0.2) is 69.8 Å². The smallest absolute Gasteiger partial charge is 0.253 e. The zero-order valence-electron chi connectivity index (χ0n) is 17.9. The first-order valence-electron chi connectivity index (χ1n) is 10.0. The number of aryl methyl sites for hydroxylation is 2. The van der Waals surface area contributed by atoms with Gasteiger partial charge in [0, 0.05) is 38.3 Å². The summed E-state index contributed by atoms with van der Waals surface area (Å²) in [7, 11) is -7.47. The molecule has 1 N–H and O–H groups in total. The van der Waals surface area contributed by atoms with Crippen molar-refractivity contribution in [2.24, 2.45) is 0 Å². The second kappa shape index (κ2) is 9.53. The van der Waals surface area contributed by atoms with Crippen molar-refractivity contribution < 1.29 is 26.2 Å². The summed E-state index contributed by atoms with van der Waals surface area (Å²) in [5.74, 6) is -0.0538. The number of aromatic nitrogens is 1. The summed E-state index contributed by atoms with van der Waals surface area (Å²) >= 11 is 0. The molecule has 1 aliphatic rings. The first-order valence-corrected chi connectivity index (χ1v) is 12.9. The Morgan fingerprint density at radius 1 is 1.12 bits per heavy atom. The van der Waals surface area contributed by atoms with Gasteiger partial charge in [-0.15, -0.1) is 6.58 Å². The predicted octanol–water partition coefficient (Wildman–Crippen LogP) is 1.29. The minimum atomic E-state index is -3.79. The van der Waals surface area contributed by atoms with Gasteiger partial charge in [0.2, 0.25) is 20.0 Å². The zero-order chi connectivity index (χ0) is 23.5. The van der Waals surface area contributed by atoms with Gasteiger partial charge < -0.3 is 9.42 Å². The maximum atomic E-state index is 13.0. The molecule has 12 heteroatoms. The Bertz CT molecular complexity index is 1180. The van der Waals surface area contributed by atoms with Crippen molar-refractivity contribution in [3.8, 4) is 0 Å². The van der Waals surface area contributed by atoms with Crippen LogP contribution in [0.2, 0.25) is 0 Å². The highest BCUT2D eigenvalue weighted by Crippen LogP contribution is 2.24. The standard InChI is InChI=1S/C20H26N4O6S2/c1-4-10-21-31(26,27)18-8-6-17(7-9-18)20(25)23-11-5-12-24(14-13-23)32(28,29)19-15(2)22-30-16(19)3/h4,6-9,21H,1,5,10-14H2,2-3H3. The van der Waals surface area contributed by atoms with E-state index < -0.39 is 20.0 Å². The topological polar surface area (TPSA) is 130 Å². The van der Waals surface area contributed by atoms with E-state index in [2.05, 4.69) is 16.5 Å². The third-order valence-electron chi connectivity index (χ3n) is 5.14. The molecule has 1 aromatic carbocycles. The first kappa shape index (κ1) is 24.1. The number of amides is 1. The molecular formula is C20H26N4O6S2. The number of benzene rings is 1. The Labute approximate surface area is 188 Å². The van der Waals surface area contributed by atoms with Crippen molar-refractivity contribution in [1.82, 2.24) is 19.1 Å². The molecule has 0 unspecified atom stereocenters. The number of hydrogen-bond acceptors (Lipinski definition) is 7. The van der Waals surface area contributed by atoms with Crippen molar-refractivity contribution in [3.63, 3.8) is 0 Å². The van der Waals surface area contributed by atoms with Crippen molar-refractivity contribution in [2.45, 2.75) is 30.1 Å². The molecule has 1 aliphatic heterocycles. The Morgan fingerprint density at radius 3 is 2.41 bits per heavy atom. The van der Waals surface area contributed by atoms with Crippen LogP contribution >= 0.6 is 0 Å². The summed E-state index contributed by atoms with van der Waals surface area (Å²) in [6, 6.07) is 5.64. The number of rotatable bonds is 7. The summed E-state index contributed by atoms with van der Waals surface area (Å²) < 4.78 is 59.1. The third-order valence-corrected chi connectivity index (χ3v) is 8.72. The van der Waals surface area contributed by atoms with E-state index in [1.54, 1.807) is 18.7 Å². The van der Waals surface area contributed by atoms with Gasteiger partial charge in [-0.25, -0.2) is 21.6 Å². The lowest BCUT2D eigenvalue weighted by molar-refractivity contribution is 0.0764. The highest BCUT2D eigenvalue weighted by molar-refractivity contribution is 7.89. The van der Waals surface area contributed by atoms with Crippen LogP contribution in [0, 0.1) is 13.8 Å². The Balaban J connectivity index is 1.71. The first-order chi connectivity index (χ1) is 15.1. The van der Waals surface area contributed by atoms with Crippen LogP contribution in [0.4, 0.5) is 0 Å². The normalized spacial score (nSPS) is 16.0. The highest BCUT2D eigenvalue weighted by Gasteiger charge is 2.33. The molecule has 174 valence electrons. The second-order valence-corrected chi connectivity index (χ2v) is 11.0. The van der Waals surface area contributed by atoms with Gasteiger partial charge in [-0.3, -0.25) is 4.79 Å². The number of hydrogen-bond donors (Lipinski definition) is 1. The number of sulfonamides is 2. The average molecular weight is 483 g/mol. The molecule has 3 rings (SSSR count). The molecule has 1 saturated heterocycles. The molecule has 1 fully saturated rings. The molecule has 10 nitrogen and oxygen atoms in total. The molecule has 0 atom stereocenters. The van der Waals surface area contributed by atoms with Crippen molar-refractivity contribution >= 4 is 26.0 Å². The van der Waals surface area contributed by atoms with Crippen LogP contribution in [0.1, 0.15) is 28.2 Å². The molecule has 0 spiro atoms. The van der Waals surface area contributed by atoms with E-state index in [4.69, 9.17) is 4.52 Å². The molecule has 2 heterocycles. The summed E-state index contributed by atoms with van der Waals surface area (Å²) in [4.78, 5) is 14.6. The fourth-order valence-corrected chi connectivity index (χ4v) is 6.28. The SMILES string of the molecule is C=CCNS(=O)(=O)c1ccc(C(=O)N2CCCN(S(=O)(=O)c3c(C)noc3C)CC2)cc1. The van der Waals surface area contributed by atoms with E-state index in [1.165, 1.54) is 34.6 Å². The molecular weight excluding hydrogens is 456 g/mol. The summed E-state index contributed by atoms with van der Waals surface area (Å²) in [6.45, 7) is 7.70. The van der Waals surface area contributed by atoms with Gasteiger partial charge in [0.25, 0.3) is 5.91 Å².